The van der Waals surface area contributed by atoms with Gasteiger partial charge in [0.1, 0.15) is 0 Å². The lowest BCUT2D eigenvalue weighted by atomic mass is 10.2. The molecular formula is C11H22N2O2. The molecule has 0 saturated carbocycles. The minimum Gasteiger partial charge on any atom is -0.395 e. The first-order chi connectivity index (χ1) is 7.19. The van der Waals surface area contributed by atoms with E-state index in [1.165, 1.54) is 6.42 Å². The van der Waals surface area contributed by atoms with Crippen LogP contribution in [0.4, 0.5) is 0 Å². The molecule has 1 fully saturated rings. The molecule has 1 aliphatic rings. The van der Waals surface area contributed by atoms with Gasteiger partial charge in [-0.25, -0.2) is 0 Å². The third-order valence-corrected chi connectivity index (χ3v) is 3.14. The normalized spacial score (nSPS) is 21.9. The third-order valence-electron chi connectivity index (χ3n) is 3.14. The molecule has 1 N–H and O–H groups in total. The minimum atomic E-state index is 0.147. The van der Waals surface area contributed by atoms with Gasteiger partial charge in [-0.3, -0.25) is 9.69 Å². The summed E-state index contributed by atoms with van der Waals surface area (Å²) in [6.45, 7) is 7.22. The van der Waals surface area contributed by atoms with Crippen molar-refractivity contribution in [3.05, 3.63) is 0 Å². The monoisotopic (exact) mass is 214 g/mol. The van der Waals surface area contributed by atoms with E-state index in [-0.39, 0.29) is 12.5 Å². The molecule has 0 aromatic rings. The van der Waals surface area contributed by atoms with E-state index in [1.807, 2.05) is 11.8 Å². The van der Waals surface area contributed by atoms with Crippen molar-refractivity contribution in [2.75, 3.05) is 32.8 Å². The average molecular weight is 214 g/mol. The van der Waals surface area contributed by atoms with E-state index in [0.717, 1.165) is 32.6 Å². The van der Waals surface area contributed by atoms with Gasteiger partial charge >= 0.3 is 0 Å². The molecular weight excluding hydrogens is 192 g/mol. The van der Waals surface area contributed by atoms with Gasteiger partial charge in [0.2, 0.25) is 5.91 Å². The molecule has 0 radical (unpaired) electrons. The van der Waals surface area contributed by atoms with Crippen LogP contribution in [0.2, 0.25) is 0 Å². The van der Waals surface area contributed by atoms with E-state index in [1.54, 1.807) is 6.92 Å². The van der Waals surface area contributed by atoms with Gasteiger partial charge in [0.05, 0.1) is 6.61 Å². The van der Waals surface area contributed by atoms with Gasteiger partial charge in [-0.1, -0.05) is 0 Å². The Kier molecular flexibility index (Phi) is 5.05. The molecule has 4 nitrogen and oxygen atoms in total. The highest BCUT2D eigenvalue weighted by molar-refractivity contribution is 5.73. The predicted octanol–water partition coefficient (Wildman–Crippen LogP) is 0.311. The first-order valence-electron chi connectivity index (χ1n) is 5.79. The quantitative estimate of drug-likeness (QED) is 0.716. The van der Waals surface area contributed by atoms with Gasteiger partial charge in [-0.15, -0.1) is 0 Å². The Morgan fingerprint density at radius 2 is 2.33 bits per heavy atom. The zero-order valence-electron chi connectivity index (χ0n) is 9.78. The number of amides is 1. The number of rotatable bonds is 5. The first-order valence-corrected chi connectivity index (χ1v) is 5.79. The summed E-state index contributed by atoms with van der Waals surface area (Å²) in [5, 5.41) is 8.92. The van der Waals surface area contributed by atoms with E-state index in [2.05, 4.69) is 4.90 Å². The van der Waals surface area contributed by atoms with Crippen LogP contribution in [0.3, 0.4) is 0 Å². The summed E-state index contributed by atoms with van der Waals surface area (Å²) < 4.78 is 0. The Labute approximate surface area is 91.9 Å². The maximum absolute atomic E-state index is 11.3. The highest BCUT2D eigenvalue weighted by Crippen LogP contribution is 2.17. The number of carbonyl (C=O) groups excluding carboxylic acids is 1. The lowest BCUT2D eigenvalue weighted by Gasteiger charge is -2.29. The van der Waals surface area contributed by atoms with Crippen LogP contribution in [0.25, 0.3) is 0 Å². The number of aliphatic hydroxyl groups excluding tert-OH is 1. The fraction of sp³-hybridized carbons (Fsp3) is 0.909. The molecule has 1 rings (SSSR count). The van der Waals surface area contributed by atoms with Crippen molar-refractivity contribution in [1.29, 1.82) is 0 Å². The summed E-state index contributed by atoms with van der Waals surface area (Å²) in [5.74, 6) is 0.147. The molecule has 0 aromatic heterocycles. The maximum atomic E-state index is 11.3. The van der Waals surface area contributed by atoms with Crippen molar-refractivity contribution in [3.63, 3.8) is 0 Å². The van der Waals surface area contributed by atoms with Crippen molar-refractivity contribution < 1.29 is 9.90 Å². The molecule has 1 atom stereocenters. The second kappa shape index (κ2) is 6.08. The predicted molar refractivity (Wildman–Crippen MR) is 59.6 cm³/mol. The van der Waals surface area contributed by atoms with Gasteiger partial charge in [-0.2, -0.15) is 0 Å². The van der Waals surface area contributed by atoms with Crippen molar-refractivity contribution in [1.82, 2.24) is 9.80 Å². The van der Waals surface area contributed by atoms with Gasteiger partial charge < -0.3 is 10.0 Å². The van der Waals surface area contributed by atoms with Crippen molar-refractivity contribution in [2.45, 2.75) is 32.7 Å². The van der Waals surface area contributed by atoms with Crippen molar-refractivity contribution in [3.8, 4) is 0 Å². The molecule has 4 heteroatoms. The molecule has 1 unspecified atom stereocenters. The molecule has 0 spiro atoms. The van der Waals surface area contributed by atoms with E-state index in [4.69, 9.17) is 5.11 Å². The summed E-state index contributed by atoms with van der Waals surface area (Å²) in [7, 11) is 0. The zero-order chi connectivity index (χ0) is 11.3. The Balaban J connectivity index is 2.44. The smallest absolute Gasteiger partial charge is 0.219 e. The number of carbonyl (C=O) groups is 1. The fourth-order valence-electron chi connectivity index (χ4n) is 2.26. The summed E-state index contributed by atoms with van der Waals surface area (Å²) in [6, 6.07) is 0.445. The minimum absolute atomic E-state index is 0.147. The lowest BCUT2D eigenvalue weighted by molar-refractivity contribution is -0.129. The number of β-amino-alcohol motifs (C(OH)–C–C–N with tert-alkyl or cyclic N) is 1. The first kappa shape index (κ1) is 12.5. The van der Waals surface area contributed by atoms with Crippen LogP contribution in [0.15, 0.2) is 0 Å². The zero-order valence-corrected chi connectivity index (χ0v) is 9.78. The van der Waals surface area contributed by atoms with Crippen LogP contribution in [0.1, 0.15) is 26.7 Å². The number of hydrogen-bond donors (Lipinski definition) is 1. The van der Waals surface area contributed by atoms with Crippen molar-refractivity contribution >= 4 is 5.91 Å². The molecule has 1 heterocycles. The summed E-state index contributed by atoms with van der Waals surface area (Å²) >= 11 is 0. The molecule has 0 aliphatic carbocycles. The number of likely N-dealkylation sites (N-methyl/N-ethyl adjacent to an activating group) is 1. The van der Waals surface area contributed by atoms with Crippen LogP contribution in [0.5, 0.6) is 0 Å². The Hall–Kier alpha value is -0.610. The molecule has 0 aromatic carbocycles. The third kappa shape index (κ3) is 3.47. The van der Waals surface area contributed by atoms with Crippen LogP contribution in [-0.2, 0) is 4.79 Å². The van der Waals surface area contributed by atoms with Gasteiger partial charge in [-0.05, 0) is 26.3 Å². The SMILES string of the molecule is CCN(CC1CCCN1CCO)C(C)=O. The number of hydrogen-bond acceptors (Lipinski definition) is 3. The second-order valence-corrected chi connectivity index (χ2v) is 4.11. The fourth-order valence-corrected chi connectivity index (χ4v) is 2.26. The highest BCUT2D eigenvalue weighted by Gasteiger charge is 2.26. The molecule has 1 amide bonds. The van der Waals surface area contributed by atoms with Crippen molar-refractivity contribution in [2.24, 2.45) is 0 Å². The number of likely N-dealkylation sites (tertiary alicyclic amines) is 1. The Morgan fingerprint density at radius 3 is 2.87 bits per heavy atom. The second-order valence-electron chi connectivity index (χ2n) is 4.11. The largest absolute Gasteiger partial charge is 0.395 e. The van der Waals surface area contributed by atoms with E-state index < -0.39 is 0 Å². The molecule has 15 heavy (non-hydrogen) atoms. The topological polar surface area (TPSA) is 43.8 Å². The summed E-state index contributed by atoms with van der Waals surface area (Å²) in [5.41, 5.74) is 0. The molecule has 0 bridgehead atoms. The van der Waals surface area contributed by atoms with Crippen LogP contribution >= 0.6 is 0 Å². The van der Waals surface area contributed by atoms with Crippen LogP contribution < -0.4 is 0 Å². The summed E-state index contributed by atoms with van der Waals surface area (Å²) in [4.78, 5) is 15.4. The number of aliphatic hydroxyl groups is 1. The molecule has 88 valence electrons. The summed E-state index contributed by atoms with van der Waals surface area (Å²) in [6.07, 6.45) is 2.32. The maximum Gasteiger partial charge on any atom is 0.219 e. The van der Waals surface area contributed by atoms with E-state index in [9.17, 15) is 4.79 Å². The van der Waals surface area contributed by atoms with E-state index in [0.29, 0.717) is 6.04 Å². The van der Waals surface area contributed by atoms with Gasteiger partial charge in [0, 0.05) is 32.6 Å². The highest BCUT2D eigenvalue weighted by atomic mass is 16.3. The van der Waals surface area contributed by atoms with Gasteiger partial charge in [0.15, 0.2) is 0 Å². The molecule has 1 aliphatic heterocycles. The standard InChI is InChI=1S/C11H22N2O2/c1-3-12(10(2)15)9-11-5-4-6-13(11)7-8-14/h11,14H,3-9H2,1-2H3. The van der Waals surface area contributed by atoms with Crippen LogP contribution in [-0.4, -0.2) is 59.6 Å². The van der Waals surface area contributed by atoms with E-state index >= 15 is 0 Å². The van der Waals surface area contributed by atoms with Crippen LogP contribution in [0, 0.1) is 0 Å². The Morgan fingerprint density at radius 1 is 1.60 bits per heavy atom. The Bertz CT molecular complexity index is 209. The number of nitrogens with zero attached hydrogens (tertiary/aromatic N) is 2. The van der Waals surface area contributed by atoms with Gasteiger partial charge in [0.25, 0.3) is 0 Å². The molecule has 1 saturated heterocycles. The average Bonchev–Trinajstić information content (AvgIpc) is 2.62. The lowest BCUT2D eigenvalue weighted by Crippen LogP contribution is -2.43.